The Labute approximate surface area is 252 Å². The maximum absolute atomic E-state index is 14.6. The number of ether oxygens (including phenoxy) is 2. The maximum Gasteiger partial charge on any atom is 0.410 e. The number of carbonyl (C=O) groups is 2. The van der Waals surface area contributed by atoms with Crippen molar-refractivity contribution in [3.63, 3.8) is 0 Å². The fourth-order valence-electron chi connectivity index (χ4n) is 6.60. The number of hydrogen-bond acceptors (Lipinski definition) is 4. The van der Waals surface area contributed by atoms with Gasteiger partial charge in [-0.1, -0.05) is 36.4 Å². The predicted octanol–water partition coefficient (Wildman–Crippen LogP) is 7.08. The molecule has 3 aromatic rings. The van der Waals surface area contributed by atoms with E-state index in [9.17, 15) is 18.4 Å². The fraction of sp³-hybridized carbons (Fsp3) is 0.429. The molecule has 228 valence electrons. The number of amides is 2. The molecule has 2 amide bonds. The molecule has 0 unspecified atom stereocenters. The number of likely N-dealkylation sites (tertiary alicyclic amines) is 1. The second-order valence-corrected chi connectivity index (χ2v) is 12.7. The lowest BCUT2D eigenvalue weighted by atomic mass is 9.71. The minimum atomic E-state index is -0.916. The van der Waals surface area contributed by atoms with E-state index in [1.54, 1.807) is 4.90 Å². The highest BCUT2D eigenvalue weighted by Crippen LogP contribution is 2.52. The van der Waals surface area contributed by atoms with Crippen LogP contribution in [-0.2, 0) is 32.9 Å². The summed E-state index contributed by atoms with van der Waals surface area (Å²) in [6.07, 6.45) is 0.705. The number of piperidine rings is 1. The SMILES string of the molecule is CC(=O)NCCc1cccc(C)c1-c1ccc([C@H]2CN(C(=O)OC(C)(C)C)CC[C@@]23OCc2cc(F)c(F)cc23)c(C)c1. The normalized spacial score (nSPS) is 19.8. The minimum Gasteiger partial charge on any atom is -0.444 e. The number of benzene rings is 3. The second-order valence-electron chi connectivity index (χ2n) is 12.7. The van der Waals surface area contributed by atoms with Gasteiger partial charge in [0.25, 0.3) is 0 Å². The van der Waals surface area contributed by atoms with E-state index >= 15 is 0 Å². The van der Waals surface area contributed by atoms with Crippen molar-refractivity contribution >= 4 is 12.0 Å². The highest BCUT2D eigenvalue weighted by atomic mass is 19.2. The molecule has 0 radical (unpaired) electrons. The van der Waals surface area contributed by atoms with Crippen LogP contribution in [0.4, 0.5) is 13.6 Å². The number of carbonyl (C=O) groups excluding carboxylic acids is 2. The van der Waals surface area contributed by atoms with Gasteiger partial charge in [0.1, 0.15) is 11.2 Å². The number of halogens is 2. The van der Waals surface area contributed by atoms with E-state index in [2.05, 4.69) is 42.6 Å². The van der Waals surface area contributed by atoms with Crippen molar-refractivity contribution in [1.29, 1.82) is 0 Å². The molecule has 0 saturated carbocycles. The third-order valence-corrected chi connectivity index (χ3v) is 8.52. The summed E-state index contributed by atoms with van der Waals surface area (Å²) in [5.74, 6) is -2.20. The lowest BCUT2D eigenvalue weighted by Crippen LogP contribution is -2.51. The molecule has 1 saturated heterocycles. The first-order valence-electron chi connectivity index (χ1n) is 14.8. The summed E-state index contributed by atoms with van der Waals surface area (Å²) in [6, 6.07) is 15.0. The molecule has 8 heteroatoms. The largest absolute Gasteiger partial charge is 0.444 e. The molecule has 0 aliphatic carbocycles. The van der Waals surface area contributed by atoms with Crippen molar-refractivity contribution in [2.24, 2.45) is 0 Å². The molecular formula is C35H40F2N2O4. The topological polar surface area (TPSA) is 67.9 Å². The molecule has 2 heterocycles. The van der Waals surface area contributed by atoms with Gasteiger partial charge in [-0.05, 0) is 104 Å². The molecule has 1 spiro atoms. The van der Waals surface area contributed by atoms with Crippen LogP contribution >= 0.6 is 0 Å². The molecule has 3 aromatic carbocycles. The third-order valence-electron chi connectivity index (χ3n) is 8.52. The Balaban J connectivity index is 1.56. The van der Waals surface area contributed by atoms with Crippen LogP contribution in [-0.4, -0.2) is 42.1 Å². The molecule has 5 rings (SSSR count). The van der Waals surface area contributed by atoms with Gasteiger partial charge in [-0.25, -0.2) is 13.6 Å². The zero-order chi connectivity index (χ0) is 31.1. The van der Waals surface area contributed by atoms with Gasteiger partial charge in [0, 0.05) is 32.5 Å². The quantitative estimate of drug-likeness (QED) is 0.345. The highest BCUT2D eigenvalue weighted by Gasteiger charge is 2.52. The average molecular weight is 591 g/mol. The molecular weight excluding hydrogens is 550 g/mol. The van der Waals surface area contributed by atoms with Crippen molar-refractivity contribution in [3.05, 3.63) is 93.5 Å². The number of nitrogens with zero attached hydrogens (tertiary/aromatic N) is 1. The molecule has 6 nitrogen and oxygen atoms in total. The van der Waals surface area contributed by atoms with Crippen molar-refractivity contribution in [2.45, 2.75) is 78.1 Å². The van der Waals surface area contributed by atoms with Gasteiger partial charge in [0.15, 0.2) is 11.6 Å². The first kappa shape index (κ1) is 30.7. The Hall–Kier alpha value is -3.78. The van der Waals surface area contributed by atoms with Crippen molar-refractivity contribution in [3.8, 4) is 11.1 Å². The van der Waals surface area contributed by atoms with Crippen molar-refractivity contribution in [1.82, 2.24) is 10.2 Å². The number of rotatable bonds is 5. The first-order valence-corrected chi connectivity index (χ1v) is 14.8. The molecule has 0 bridgehead atoms. The van der Waals surface area contributed by atoms with E-state index in [-0.39, 0.29) is 18.4 Å². The molecule has 0 aromatic heterocycles. The standard InChI is InChI=1S/C35H40F2N2O4/c1-21-8-7-9-24(12-14-38-23(3)40)32(21)25-10-11-27(22(2)16-25)29-19-39(33(41)43-34(4,5)6)15-13-35(29)28-18-31(37)30(36)17-26(28)20-42-35/h7-11,16-18,29H,12-15,19-20H2,1-6H3,(H,38,40)/t29-,35+/m1/s1. The van der Waals surface area contributed by atoms with E-state index in [0.29, 0.717) is 43.6 Å². The Bertz CT molecular complexity index is 1560. The van der Waals surface area contributed by atoms with Crippen LogP contribution in [0.1, 0.15) is 73.4 Å². The summed E-state index contributed by atoms with van der Waals surface area (Å²) in [7, 11) is 0. The average Bonchev–Trinajstić information content (AvgIpc) is 3.25. The van der Waals surface area contributed by atoms with Gasteiger partial charge in [-0.3, -0.25) is 4.79 Å². The molecule has 1 N–H and O–H groups in total. The number of fused-ring (bicyclic) bond motifs is 2. The van der Waals surface area contributed by atoms with E-state index in [1.807, 2.05) is 33.8 Å². The molecule has 2 aliphatic rings. The summed E-state index contributed by atoms with van der Waals surface area (Å²) in [5.41, 5.74) is 6.12. The lowest BCUT2D eigenvalue weighted by molar-refractivity contribution is -0.118. The van der Waals surface area contributed by atoms with Gasteiger partial charge >= 0.3 is 6.09 Å². The Morgan fingerprint density at radius 1 is 1.07 bits per heavy atom. The first-order chi connectivity index (χ1) is 20.3. The van der Waals surface area contributed by atoms with Gasteiger partial charge in [0.2, 0.25) is 5.91 Å². The maximum atomic E-state index is 14.6. The van der Waals surface area contributed by atoms with Crippen LogP contribution in [0.3, 0.4) is 0 Å². The van der Waals surface area contributed by atoms with Crippen LogP contribution in [0.15, 0.2) is 48.5 Å². The Morgan fingerprint density at radius 2 is 1.81 bits per heavy atom. The zero-order valence-corrected chi connectivity index (χ0v) is 25.8. The summed E-state index contributed by atoms with van der Waals surface area (Å²) in [6.45, 7) is 12.5. The van der Waals surface area contributed by atoms with E-state index < -0.39 is 28.9 Å². The summed E-state index contributed by atoms with van der Waals surface area (Å²) < 4.78 is 41.0. The van der Waals surface area contributed by atoms with Gasteiger partial charge in [-0.2, -0.15) is 0 Å². The minimum absolute atomic E-state index is 0.0606. The van der Waals surface area contributed by atoms with E-state index in [0.717, 1.165) is 33.4 Å². The van der Waals surface area contributed by atoms with Crippen LogP contribution in [0.2, 0.25) is 0 Å². The second kappa shape index (κ2) is 11.7. The highest BCUT2D eigenvalue weighted by molar-refractivity contribution is 5.74. The zero-order valence-electron chi connectivity index (χ0n) is 25.8. The number of hydrogen-bond donors (Lipinski definition) is 1. The monoisotopic (exact) mass is 590 g/mol. The Morgan fingerprint density at radius 3 is 2.51 bits per heavy atom. The number of nitrogens with one attached hydrogen (secondary N) is 1. The Kier molecular flexibility index (Phi) is 8.36. The molecule has 2 aliphatic heterocycles. The van der Waals surface area contributed by atoms with E-state index in [4.69, 9.17) is 9.47 Å². The summed E-state index contributed by atoms with van der Waals surface area (Å²) in [5, 5.41) is 2.88. The van der Waals surface area contributed by atoms with Crippen LogP contribution in [0, 0.1) is 25.5 Å². The van der Waals surface area contributed by atoms with E-state index in [1.165, 1.54) is 19.1 Å². The fourth-order valence-corrected chi connectivity index (χ4v) is 6.60. The number of aryl methyl sites for hydroxylation is 2. The van der Waals surface area contributed by atoms with Crippen molar-refractivity contribution < 1.29 is 27.8 Å². The predicted molar refractivity (Wildman–Crippen MR) is 162 cm³/mol. The summed E-state index contributed by atoms with van der Waals surface area (Å²) >= 11 is 0. The van der Waals surface area contributed by atoms with Crippen LogP contribution < -0.4 is 5.32 Å². The van der Waals surface area contributed by atoms with Gasteiger partial charge in [-0.15, -0.1) is 0 Å². The molecule has 43 heavy (non-hydrogen) atoms. The summed E-state index contributed by atoms with van der Waals surface area (Å²) in [4.78, 5) is 26.3. The molecule has 1 fully saturated rings. The smallest absolute Gasteiger partial charge is 0.410 e. The van der Waals surface area contributed by atoms with Crippen LogP contribution in [0.25, 0.3) is 11.1 Å². The van der Waals surface area contributed by atoms with Crippen molar-refractivity contribution in [2.75, 3.05) is 19.6 Å². The lowest BCUT2D eigenvalue weighted by Gasteiger charge is -2.46. The molecule has 2 atom stereocenters. The third kappa shape index (κ3) is 6.16. The van der Waals surface area contributed by atoms with Gasteiger partial charge in [0.05, 0.1) is 6.61 Å². The van der Waals surface area contributed by atoms with Gasteiger partial charge < -0.3 is 19.7 Å². The van der Waals surface area contributed by atoms with Crippen LogP contribution in [0.5, 0.6) is 0 Å².